The van der Waals surface area contributed by atoms with Crippen LogP contribution >= 0.6 is 11.8 Å². The summed E-state index contributed by atoms with van der Waals surface area (Å²) in [5, 5.41) is 3.30. The second kappa shape index (κ2) is 7.23. The number of Topliss-reactive ketones (excluding diaryl/α,β-unsaturated/α-hetero) is 1. The van der Waals surface area contributed by atoms with Gasteiger partial charge in [-0.15, -0.1) is 0 Å². The van der Waals surface area contributed by atoms with Gasteiger partial charge in [-0.3, -0.25) is 19.0 Å². The number of nitrogens with zero attached hydrogens (tertiary/aromatic N) is 2. The maximum atomic E-state index is 12.7. The molecule has 0 fully saturated rings. The number of hydrogen-bond acceptors (Lipinski definition) is 5. The summed E-state index contributed by atoms with van der Waals surface area (Å²) in [5.41, 5.74) is 2.52. The molecular formula is C18H19N3O3S. The first kappa shape index (κ1) is 17.4. The predicted molar refractivity (Wildman–Crippen MR) is 97.4 cm³/mol. The number of hydrogen-bond donors (Lipinski definition) is 1. The first-order chi connectivity index (χ1) is 12.0. The molecule has 0 aliphatic heterocycles. The topological polar surface area (TPSA) is 81.1 Å². The number of ketones is 1. The number of aryl methyl sites for hydroxylation is 1. The Labute approximate surface area is 149 Å². The van der Waals surface area contributed by atoms with Crippen LogP contribution in [-0.4, -0.2) is 27.5 Å². The number of aromatic nitrogens is 2. The van der Waals surface area contributed by atoms with Crippen LogP contribution in [0, 0.1) is 0 Å². The summed E-state index contributed by atoms with van der Waals surface area (Å²) in [6, 6.07) is 6.74. The lowest BCUT2D eigenvalue weighted by atomic mass is 10.1. The molecule has 1 N–H and O–H groups in total. The summed E-state index contributed by atoms with van der Waals surface area (Å²) in [5.74, 6) is -0.391. The highest BCUT2D eigenvalue weighted by molar-refractivity contribution is 7.98. The van der Waals surface area contributed by atoms with Crippen LogP contribution in [-0.2, 0) is 24.2 Å². The van der Waals surface area contributed by atoms with Gasteiger partial charge in [-0.05, 0) is 44.6 Å². The lowest BCUT2D eigenvalue weighted by molar-refractivity contribution is -0.116. The van der Waals surface area contributed by atoms with E-state index in [0.29, 0.717) is 16.4 Å². The van der Waals surface area contributed by atoms with Gasteiger partial charge in [0.2, 0.25) is 5.91 Å². The molecule has 1 aromatic heterocycles. The van der Waals surface area contributed by atoms with E-state index < -0.39 is 0 Å². The Morgan fingerprint density at radius 1 is 1.32 bits per heavy atom. The van der Waals surface area contributed by atoms with E-state index in [9.17, 15) is 14.4 Å². The average Bonchev–Trinajstić information content (AvgIpc) is 3.06. The Bertz CT molecular complexity index is 905. The fourth-order valence-electron chi connectivity index (χ4n) is 2.96. The zero-order valence-electron chi connectivity index (χ0n) is 14.2. The molecule has 0 unspecified atom stereocenters. The number of thioether (sulfide) groups is 1. The van der Waals surface area contributed by atoms with Gasteiger partial charge < -0.3 is 5.32 Å². The minimum atomic E-state index is -0.321. The second-order valence-corrected chi connectivity index (χ2v) is 6.73. The monoisotopic (exact) mass is 357 g/mol. The lowest BCUT2D eigenvalue weighted by Gasteiger charge is -2.13. The van der Waals surface area contributed by atoms with Crippen molar-refractivity contribution in [1.29, 1.82) is 0 Å². The van der Waals surface area contributed by atoms with Crippen LogP contribution in [0.3, 0.4) is 0 Å². The van der Waals surface area contributed by atoms with Crippen LogP contribution in [0.4, 0.5) is 5.69 Å². The molecule has 0 saturated carbocycles. The maximum Gasteiger partial charge on any atom is 0.258 e. The van der Waals surface area contributed by atoms with Gasteiger partial charge >= 0.3 is 0 Å². The molecule has 1 aromatic carbocycles. The number of carbonyl (C=O) groups excluding carboxylic acids is 2. The van der Waals surface area contributed by atoms with Gasteiger partial charge in [0.25, 0.3) is 5.56 Å². The van der Waals surface area contributed by atoms with E-state index in [2.05, 4.69) is 10.3 Å². The van der Waals surface area contributed by atoms with E-state index in [1.807, 2.05) is 6.26 Å². The molecule has 7 heteroatoms. The van der Waals surface area contributed by atoms with Crippen LogP contribution in [0.2, 0.25) is 0 Å². The van der Waals surface area contributed by atoms with Crippen LogP contribution in [0.1, 0.15) is 35.0 Å². The highest BCUT2D eigenvalue weighted by Crippen LogP contribution is 2.20. The number of fused-ring (bicyclic) bond motifs is 1. The fourth-order valence-corrected chi connectivity index (χ4v) is 3.53. The Morgan fingerprint density at radius 3 is 2.84 bits per heavy atom. The average molecular weight is 357 g/mol. The van der Waals surface area contributed by atoms with Gasteiger partial charge in [0.1, 0.15) is 6.54 Å². The molecule has 0 saturated heterocycles. The molecule has 3 rings (SSSR count). The predicted octanol–water partition coefficient (Wildman–Crippen LogP) is 2.30. The Morgan fingerprint density at radius 2 is 2.12 bits per heavy atom. The molecule has 0 bridgehead atoms. The molecule has 1 aliphatic carbocycles. The lowest BCUT2D eigenvalue weighted by Crippen LogP contribution is -2.32. The Kier molecular flexibility index (Phi) is 5.03. The largest absolute Gasteiger partial charge is 0.325 e. The number of benzene rings is 1. The molecule has 1 amide bonds. The molecule has 6 nitrogen and oxygen atoms in total. The Hall–Kier alpha value is -2.41. The number of nitrogens with one attached hydrogen (secondary N) is 1. The third-order valence-corrected chi connectivity index (χ3v) is 4.87. The number of anilines is 1. The molecule has 1 heterocycles. The molecule has 130 valence electrons. The number of rotatable bonds is 5. The molecule has 0 atom stereocenters. The maximum absolute atomic E-state index is 12.7. The van der Waals surface area contributed by atoms with E-state index >= 15 is 0 Å². The highest BCUT2D eigenvalue weighted by atomic mass is 32.2. The summed E-state index contributed by atoms with van der Waals surface area (Å²) in [4.78, 5) is 41.0. The summed E-state index contributed by atoms with van der Waals surface area (Å²) < 4.78 is 1.43. The first-order valence-electron chi connectivity index (χ1n) is 8.07. The summed E-state index contributed by atoms with van der Waals surface area (Å²) in [7, 11) is 0. The van der Waals surface area contributed by atoms with E-state index in [-0.39, 0.29) is 23.8 Å². The standard InChI is InChI=1S/C18H19N3O3S/c1-11(22)12-5-3-6-13(9-12)19-16(23)10-21-17(24)14-7-4-8-15(14)20-18(21)25-2/h3,5-6,9H,4,7-8,10H2,1-2H3,(H,19,23). The molecular weight excluding hydrogens is 338 g/mol. The smallest absolute Gasteiger partial charge is 0.258 e. The summed E-state index contributed by atoms with van der Waals surface area (Å²) >= 11 is 1.36. The molecule has 1 aliphatic rings. The minimum absolute atomic E-state index is 0.0696. The molecule has 0 spiro atoms. The Balaban J connectivity index is 1.83. The minimum Gasteiger partial charge on any atom is -0.325 e. The van der Waals surface area contributed by atoms with Crippen molar-refractivity contribution in [3.8, 4) is 0 Å². The van der Waals surface area contributed by atoms with Gasteiger partial charge in [-0.1, -0.05) is 23.9 Å². The highest BCUT2D eigenvalue weighted by Gasteiger charge is 2.21. The van der Waals surface area contributed by atoms with Crippen LogP contribution < -0.4 is 10.9 Å². The van der Waals surface area contributed by atoms with Crippen LogP contribution in [0.15, 0.2) is 34.2 Å². The van der Waals surface area contributed by atoms with Crippen molar-refractivity contribution in [1.82, 2.24) is 9.55 Å². The van der Waals surface area contributed by atoms with Crippen molar-refractivity contribution in [2.24, 2.45) is 0 Å². The first-order valence-corrected chi connectivity index (χ1v) is 9.29. The van der Waals surface area contributed by atoms with Gasteiger partial charge in [0.05, 0.1) is 5.69 Å². The van der Waals surface area contributed by atoms with Crippen molar-refractivity contribution in [2.45, 2.75) is 37.9 Å². The molecule has 0 radical (unpaired) electrons. The normalized spacial score (nSPS) is 12.7. The zero-order chi connectivity index (χ0) is 18.0. The van der Waals surface area contributed by atoms with Crippen molar-refractivity contribution in [3.63, 3.8) is 0 Å². The van der Waals surface area contributed by atoms with E-state index in [4.69, 9.17) is 0 Å². The van der Waals surface area contributed by atoms with Gasteiger partial charge in [-0.25, -0.2) is 4.98 Å². The summed E-state index contributed by atoms with van der Waals surface area (Å²) in [6.07, 6.45) is 4.31. The SMILES string of the molecule is CSc1nc2c(c(=O)n1CC(=O)Nc1cccc(C(C)=O)c1)CCC2. The van der Waals surface area contributed by atoms with Crippen molar-refractivity contribution in [3.05, 3.63) is 51.4 Å². The van der Waals surface area contributed by atoms with Gasteiger partial charge in [0.15, 0.2) is 10.9 Å². The summed E-state index contributed by atoms with van der Waals surface area (Å²) in [6.45, 7) is 1.38. The fraction of sp³-hybridized carbons (Fsp3) is 0.333. The number of amides is 1. The van der Waals surface area contributed by atoms with E-state index in [0.717, 1.165) is 30.5 Å². The van der Waals surface area contributed by atoms with E-state index in [1.165, 1.54) is 23.3 Å². The van der Waals surface area contributed by atoms with Crippen molar-refractivity contribution >= 4 is 29.1 Å². The van der Waals surface area contributed by atoms with Crippen molar-refractivity contribution < 1.29 is 9.59 Å². The quantitative estimate of drug-likeness (QED) is 0.504. The molecule has 2 aromatic rings. The number of carbonyl (C=O) groups is 2. The van der Waals surface area contributed by atoms with E-state index in [1.54, 1.807) is 24.3 Å². The third-order valence-electron chi connectivity index (χ3n) is 4.19. The second-order valence-electron chi connectivity index (χ2n) is 5.95. The zero-order valence-corrected chi connectivity index (χ0v) is 15.0. The van der Waals surface area contributed by atoms with Gasteiger partial charge in [-0.2, -0.15) is 0 Å². The van der Waals surface area contributed by atoms with Crippen molar-refractivity contribution in [2.75, 3.05) is 11.6 Å². The van der Waals surface area contributed by atoms with Crippen LogP contribution in [0.25, 0.3) is 0 Å². The molecule has 25 heavy (non-hydrogen) atoms. The van der Waals surface area contributed by atoms with Crippen LogP contribution in [0.5, 0.6) is 0 Å². The van der Waals surface area contributed by atoms with Gasteiger partial charge in [0, 0.05) is 16.8 Å². The third kappa shape index (κ3) is 3.66.